The highest BCUT2D eigenvalue weighted by Gasteiger charge is 2.41. The quantitative estimate of drug-likeness (QED) is 0.489. The number of halogens is 1. The molecule has 206 valence electrons. The number of fused-ring (bicyclic) bond motifs is 3. The van der Waals surface area contributed by atoms with E-state index in [2.05, 4.69) is 5.10 Å². The molecule has 1 aromatic heterocycles. The normalized spacial score (nSPS) is 20.4. The van der Waals surface area contributed by atoms with E-state index in [9.17, 15) is 14.4 Å². The molecule has 3 amide bonds. The third kappa shape index (κ3) is 4.23. The van der Waals surface area contributed by atoms with Gasteiger partial charge < -0.3 is 19.4 Å². The van der Waals surface area contributed by atoms with Gasteiger partial charge in [-0.25, -0.2) is 4.68 Å². The Balaban J connectivity index is 1.12. The molecule has 7 rings (SSSR count). The zero-order valence-electron chi connectivity index (χ0n) is 22.3. The van der Waals surface area contributed by atoms with Crippen LogP contribution in [0.25, 0.3) is 0 Å². The van der Waals surface area contributed by atoms with Crippen LogP contribution in [-0.4, -0.2) is 70.1 Å². The van der Waals surface area contributed by atoms with Crippen LogP contribution in [-0.2, 0) is 35.5 Å². The first-order valence-corrected chi connectivity index (χ1v) is 14.2. The van der Waals surface area contributed by atoms with E-state index >= 15 is 0 Å². The summed E-state index contributed by atoms with van der Waals surface area (Å²) in [4.78, 5) is 45.2. The molecule has 0 bridgehead atoms. The van der Waals surface area contributed by atoms with E-state index in [1.54, 1.807) is 21.5 Å². The molecule has 3 aliphatic heterocycles. The average molecular weight is 560 g/mol. The predicted molar refractivity (Wildman–Crippen MR) is 149 cm³/mol. The molecule has 3 aromatic rings. The second-order valence-corrected chi connectivity index (χ2v) is 11.5. The predicted octanol–water partition coefficient (Wildman–Crippen LogP) is 3.30. The molecule has 0 spiro atoms. The van der Waals surface area contributed by atoms with Crippen molar-refractivity contribution in [2.24, 2.45) is 5.92 Å². The first-order valence-electron chi connectivity index (χ1n) is 13.8. The molecule has 1 atom stereocenters. The second kappa shape index (κ2) is 9.66. The van der Waals surface area contributed by atoms with Gasteiger partial charge in [0.15, 0.2) is 5.69 Å². The highest BCUT2D eigenvalue weighted by atomic mass is 35.5. The lowest BCUT2D eigenvalue weighted by Crippen LogP contribution is -2.54. The van der Waals surface area contributed by atoms with E-state index in [1.807, 2.05) is 47.4 Å². The first-order chi connectivity index (χ1) is 19.4. The summed E-state index contributed by atoms with van der Waals surface area (Å²) in [5, 5.41) is 5.02. The number of anilines is 1. The lowest BCUT2D eigenvalue weighted by atomic mass is 9.97. The van der Waals surface area contributed by atoms with Crippen molar-refractivity contribution in [3.63, 3.8) is 0 Å². The van der Waals surface area contributed by atoms with Gasteiger partial charge in [-0.15, -0.1) is 0 Å². The van der Waals surface area contributed by atoms with Gasteiger partial charge in [0.25, 0.3) is 11.8 Å². The Bertz CT molecular complexity index is 1530. The molecule has 1 saturated carbocycles. The Hall–Kier alpha value is -3.85. The zero-order valence-corrected chi connectivity index (χ0v) is 23.1. The van der Waals surface area contributed by atoms with Crippen molar-refractivity contribution in [2.45, 2.75) is 44.8 Å². The first kappa shape index (κ1) is 25.1. The van der Waals surface area contributed by atoms with Gasteiger partial charge in [-0.1, -0.05) is 41.9 Å². The monoisotopic (exact) mass is 559 g/mol. The minimum absolute atomic E-state index is 0.0563. The summed E-state index contributed by atoms with van der Waals surface area (Å²) >= 11 is 6.65. The maximum Gasteiger partial charge on any atom is 0.275 e. The largest absolute Gasteiger partial charge is 0.489 e. The van der Waals surface area contributed by atoms with Crippen LogP contribution in [0.4, 0.5) is 5.69 Å². The molecule has 0 saturated heterocycles. The summed E-state index contributed by atoms with van der Waals surface area (Å²) in [5.41, 5.74) is 4.87. The number of hydrogen-bond donors (Lipinski definition) is 0. The number of carbonyl (C=O) groups excluding carboxylic acids is 3. The van der Waals surface area contributed by atoms with E-state index in [0.717, 1.165) is 41.5 Å². The number of aromatic nitrogens is 2. The Labute approximate surface area is 237 Å². The average Bonchev–Trinajstić information content (AvgIpc) is 3.79. The van der Waals surface area contributed by atoms with Crippen molar-refractivity contribution in [2.75, 3.05) is 31.6 Å². The smallest absolute Gasteiger partial charge is 0.275 e. The van der Waals surface area contributed by atoms with Crippen LogP contribution in [0.1, 0.15) is 45.6 Å². The molecule has 2 aromatic carbocycles. The Kier molecular flexibility index (Phi) is 6.07. The highest BCUT2D eigenvalue weighted by Crippen LogP contribution is 2.39. The van der Waals surface area contributed by atoms with E-state index in [-0.39, 0.29) is 30.2 Å². The van der Waals surface area contributed by atoms with Crippen LogP contribution < -0.4 is 9.64 Å². The Morgan fingerprint density at radius 3 is 2.65 bits per heavy atom. The maximum absolute atomic E-state index is 13.8. The molecular formula is C30H30ClN5O4. The summed E-state index contributed by atoms with van der Waals surface area (Å²) in [7, 11) is 1.72. The van der Waals surface area contributed by atoms with Crippen LogP contribution in [0, 0.1) is 5.92 Å². The van der Waals surface area contributed by atoms with E-state index in [0.29, 0.717) is 54.9 Å². The molecule has 0 unspecified atom stereocenters. The highest BCUT2D eigenvalue weighted by molar-refractivity contribution is 6.31. The second-order valence-electron chi connectivity index (χ2n) is 11.1. The van der Waals surface area contributed by atoms with Crippen molar-refractivity contribution >= 4 is 35.0 Å². The van der Waals surface area contributed by atoms with Crippen molar-refractivity contribution in [3.05, 3.63) is 75.6 Å². The van der Waals surface area contributed by atoms with Crippen molar-refractivity contribution in [1.82, 2.24) is 19.6 Å². The molecule has 0 N–H and O–H groups in total. The van der Waals surface area contributed by atoms with E-state index in [1.165, 1.54) is 0 Å². The fourth-order valence-electron chi connectivity index (χ4n) is 6.03. The van der Waals surface area contributed by atoms with Gasteiger partial charge in [0.1, 0.15) is 23.6 Å². The van der Waals surface area contributed by atoms with Gasteiger partial charge in [0, 0.05) is 38.2 Å². The van der Waals surface area contributed by atoms with Crippen LogP contribution in [0.15, 0.2) is 42.5 Å². The number of amides is 3. The molecular weight excluding hydrogens is 530 g/mol. The number of ether oxygens (including phenoxy) is 1. The summed E-state index contributed by atoms with van der Waals surface area (Å²) < 4.78 is 7.85. The molecule has 0 radical (unpaired) electrons. The van der Waals surface area contributed by atoms with Crippen LogP contribution in [0.2, 0.25) is 5.15 Å². The third-order valence-electron chi connectivity index (χ3n) is 8.51. The fourth-order valence-corrected chi connectivity index (χ4v) is 6.32. The van der Waals surface area contributed by atoms with Gasteiger partial charge in [-0.2, -0.15) is 5.10 Å². The topological polar surface area (TPSA) is 88.0 Å². The standard InChI is InChI=1S/C30H30ClN5O4/c1-33-23-13-21-16-34(28(37)19-7-8-19)11-9-20(21)14-25(23)40-17-24(29(33)38)35-12-10-22-26(30(35)39)32-36(27(22)31)15-18-5-3-2-4-6-18/h2-6,13-14,19,24H,7-12,15-17H2,1H3/t24-/m0/s1. The van der Waals surface area contributed by atoms with Crippen LogP contribution >= 0.6 is 11.6 Å². The number of rotatable bonds is 4. The van der Waals surface area contributed by atoms with Crippen molar-refractivity contribution in [1.29, 1.82) is 0 Å². The van der Waals surface area contributed by atoms with Crippen molar-refractivity contribution < 1.29 is 19.1 Å². The Morgan fingerprint density at radius 2 is 1.88 bits per heavy atom. The van der Waals surface area contributed by atoms with Crippen molar-refractivity contribution in [3.8, 4) is 5.75 Å². The van der Waals surface area contributed by atoms with Gasteiger partial charge in [-0.05, 0) is 54.5 Å². The minimum atomic E-state index is -0.791. The van der Waals surface area contributed by atoms with E-state index in [4.69, 9.17) is 16.3 Å². The molecule has 10 heteroatoms. The SMILES string of the molecule is CN1C(=O)[C@@H](N2CCc3c(nn(Cc4ccccc4)c3Cl)C2=O)COc2cc3c(cc21)CN(C(=O)C1CC1)CC3. The van der Waals surface area contributed by atoms with E-state index < -0.39 is 6.04 Å². The third-order valence-corrected chi connectivity index (χ3v) is 8.93. The maximum atomic E-state index is 13.8. The molecule has 4 aliphatic rings. The summed E-state index contributed by atoms with van der Waals surface area (Å²) in [6, 6.07) is 13.0. The fraction of sp³-hybridized carbons (Fsp3) is 0.400. The summed E-state index contributed by atoms with van der Waals surface area (Å²) in [6.07, 6.45) is 3.23. The molecule has 9 nitrogen and oxygen atoms in total. The van der Waals surface area contributed by atoms with Crippen LogP contribution in [0.5, 0.6) is 5.75 Å². The number of nitrogens with zero attached hydrogens (tertiary/aromatic N) is 5. The van der Waals surface area contributed by atoms with Gasteiger partial charge in [-0.3, -0.25) is 14.4 Å². The minimum Gasteiger partial charge on any atom is -0.489 e. The number of likely N-dealkylation sites (N-methyl/N-ethyl adjacent to an activating group) is 1. The molecule has 40 heavy (non-hydrogen) atoms. The van der Waals surface area contributed by atoms with Gasteiger partial charge in [0.05, 0.1) is 12.2 Å². The van der Waals surface area contributed by atoms with Crippen LogP contribution in [0.3, 0.4) is 0 Å². The van der Waals surface area contributed by atoms with Gasteiger partial charge in [0.2, 0.25) is 5.91 Å². The zero-order chi connectivity index (χ0) is 27.5. The molecule has 4 heterocycles. The lowest BCUT2D eigenvalue weighted by molar-refractivity contribution is -0.133. The molecule has 1 aliphatic carbocycles. The number of benzene rings is 2. The summed E-state index contributed by atoms with van der Waals surface area (Å²) in [5.74, 6) is 0.504. The lowest BCUT2D eigenvalue weighted by Gasteiger charge is -2.33. The Morgan fingerprint density at radius 1 is 1.07 bits per heavy atom. The number of hydrogen-bond acceptors (Lipinski definition) is 5. The summed E-state index contributed by atoms with van der Waals surface area (Å²) in [6.45, 7) is 2.10. The van der Waals surface area contributed by atoms with Gasteiger partial charge >= 0.3 is 0 Å². The number of carbonyl (C=O) groups is 3. The molecule has 1 fully saturated rings.